The van der Waals surface area contributed by atoms with Gasteiger partial charge in [0.05, 0.1) is 16.6 Å². The van der Waals surface area contributed by atoms with Crippen molar-refractivity contribution < 1.29 is 14.3 Å². The normalized spacial score (nSPS) is 10.3. The molecule has 0 bridgehead atoms. The Labute approximate surface area is 171 Å². The maximum atomic E-state index is 12.1. The lowest BCUT2D eigenvalue weighted by atomic mass is 10.1. The molecule has 0 radical (unpaired) electrons. The summed E-state index contributed by atoms with van der Waals surface area (Å²) < 4.78 is 11.5. The lowest BCUT2D eigenvalue weighted by Crippen LogP contribution is -2.20. The smallest absolute Gasteiger partial charge is 0.262 e. The van der Waals surface area contributed by atoms with Crippen molar-refractivity contribution in [2.45, 2.75) is 0 Å². The van der Waals surface area contributed by atoms with Gasteiger partial charge in [0.15, 0.2) is 6.61 Å². The van der Waals surface area contributed by atoms with Gasteiger partial charge in [0.1, 0.15) is 11.5 Å². The topological polar surface area (TPSA) is 47.6 Å². The number of carbonyl (C=O) groups excluding carboxylic acids is 1. The SMILES string of the molecule is COc1ccc(NC(=O)COc2ccc(-c3ccccc3)cc2Br)cc1Cl. The number of halogens is 2. The van der Waals surface area contributed by atoms with Crippen molar-refractivity contribution >= 4 is 39.1 Å². The highest BCUT2D eigenvalue weighted by Gasteiger charge is 2.09. The quantitative estimate of drug-likeness (QED) is 0.521. The molecule has 138 valence electrons. The predicted octanol–water partition coefficient (Wildman–Crippen LogP) is 5.80. The first-order valence-electron chi connectivity index (χ1n) is 8.18. The first-order valence-corrected chi connectivity index (χ1v) is 9.35. The van der Waals surface area contributed by atoms with Gasteiger partial charge in [-0.1, -0.05) is 48.0 Å². The van der Waals surface area contributed by atoms with Crippen molar-refractivity contribution in [3.05, 3.63) is 76.2 Å². The molecule has 0 heterocycles. The van der Waals surface area contributed by atoms with Gasteiger partial charge in [-0.3, -0.25) is 4.79 Å². The summed E-state index contributed by atoms with van der Waals surface area (Å²) in [7, 11) is 1.54. The Morgan fingerprint density at radius 1 is 1.00 bits per heavy atom. The number of carbonyl (C=O) groups is 1. The molecule has 0 saturated heterocycles. The third-order valence-electron chi connectivity index (χ3n) is 3.83. The molecule has 0 aliphatic heterocycles. The highest BCUT2D eigenvalue weighted by molar-refractivity contribution is 9.10. The van der Waals surface area contributed by atoms with Crippen LogP contribution >= 0.6 is 27.5 Å². The van der Waals surface area contributed by atoms with Gasteiger partial charge in [-0.15, -0.1) is 0 Å². The van der Waals surface area contributed by atoms with E-state index in [-0.39, 0.29) is 12.5 Å². The highest BCUT2D eigenvalue weighted by atomic mass is 79.9. The zero-order chi connectivity index (χ0) is 19.2. The molecule has 0 atom stereocenters. The van der Waals surface area contributed by atoms with Crippen molar-refractivity contribution in [2.75, 3.05) is 19.0 Å². The number of hydrogen-bond acceptors (Lipinski definition) is 3. The summed E-state index contributed by atoms with van der Waals surface area (Å²) in [5.41, 5.74) is 2.75. The monoisotopic (exact) mass is 445 g/mol. The van der Waals surface area contributed by atoms with E-state index in [4.69, 9.17) is 21.1 Å². The molecule has 6 heteroatoms. The van der Waals surface area contributed by atoms with Crippen molar-refractivity contribution in [1.82, 2.24) is 0 Å². The zero-order valence-corrected chi connectivity index (χ0v) is 16.9. The number of anilines is 1. The number of hydrogen-bond donors (Lipinski definition) is 1. The van der Waals surface area contributed by atoms with Gasteiger partial charge in [-0.05, 0) is 57.4 Å². The fraction of sp³-hybridized carbons (Fsp3) is 0.0952. The molecule has 0 fully saturated rings. The summed E-state index contributed by atoms with van der Waals surface area (Å²) in [5.74, 6) is 0.862. The van der Waals surface area contributed by atoms with Crippen molar-refractivity contribution in [3.8, 4) is 22.6 Å². The predicted molar refractivity (Wildman–Crippen MR) is 112 cm³/mol. The molecular formula is C21H17BrClNO3. The van der Waals surface area contributed by atoms with E-state index in [0.717, 1.165) is 15.6 Å². The Morgan fingerprint density at radius 3 is 2.41 bits per heavy atom. The van der Waals surface area contributed by atoms with Crippen molar-refractivity contribution in [1.29, 1.82) is 0 Å². The molecule has 1 amide bonds. The Hall–Kier alpha value is -2.50. The number of ether oxygens (including phenoxy) is 2. The van der Waals surface area contributed by atoms with Crippen LogP contribution < -0.4 is 14.8 Å². The summed E-state index contributed by atoms with van der Waals surface area (Å²) in [4.78, 5) is 12.1. The molecule has 3 rings (SSSR count). The van der Waals surface area contributed by atoms with E-state index in [9.17, 15) is 4.79 Å². The Kier molecular flexibility index (Phi) is 6.37. The summed E-state index contributed by atoms with van der Waals surface area (Å²) in [6, 6.07) is 20.8. The molecule has 0 spiro atoms. The molecule has 1 N–H and O–H groups in total. The summed E-state index contributed by atoms with van der Waals surface area (Å²) in [6.07, 6.45) is 0. The molecule has 3 aromatic carbocycles. The van der Waals surface area contributed by atoms with Gasteiger partial charge < -0.3 is 14.8 Å². The minimum Gasteiger partial charge on any atom is -0.495 e. The van der Waals surface area contributed by atoms with Crippen molar-refractivity contribution in [3.63, 3.8) is 0 Å². The number of methoxy groups -OCH3 is 1. The lowest BCUT2D eigenvalue weighted by Gasteiger charge is -2.11. The minimum absolute atomic E-state index is 0.118. The van der Waals surface area contributed by atoms with E-state index in [1.807, 2.05) is 48.5 Å². The van der Waals surface area contributed by atoms with Gasteiger partial charge in [0.25, 0.3) is 5.91 Å². The van der Waals surface area contributed by atoms with Gasteiger partial charge in [0, 0.05) is 5.69 Å². The van der Waals surface area contributed by atoms with Crippen LogP contribution in [-0.4, -0.2) is 19.6 Å². The van der Waals surface area contributed by atoms with Crippen LogP contribution in [0.3, 0.4) is 0 Å². The summed E-state index contributed by atoms with van der Waals surface area (Å²) in [6.45, 7) is -0.118. The van der Waals surface area contributed by atoms with E-state index in [1.165, 1.54) is 7.11 Å². The number of rotatable bonds is 6. The first kappa shape index (κ1) is 19.3. The van der Waals surface area contributed by atoms with Gasteiger partial charge >= 0.3 is 0 Å². The second-order valence-corrected chi connectivity index (χ2v) is 6.96. The maximum Gasteiger partial charge on any atom is 0.262 e. The average molecular weight is 447 g/mol. The van der Waals surface area contributed by atoms with Gasteiger partial charge in [-0.25, -0.2) is 0 Å². The maximum absolute atomic E-state index is 12.1. The first-order chi connectivity index (χ1) is 13.1. The fourth-order valence-corrected chi connectivity index (χ4v) is 3.26. The second-order valence-electron chi connectivity index (χ2n) is 5.70. The van der Waals surface area contributed by atoms with Crippen LogP contribution in [0.25, 0.3) is 11.1 Å². The third kappa shape index (κ3) is 5.02. The van der Waals surface area contributed by atoms with Crippen LogP contribution in [0.1, 0.15) is 0 Å². The standard InChI is InChI=1S/C21H17BrClNO3/c1-26-20-10-8-16(12-18(20)23)24-21(25)13-27-19-9-7-15(11-17(19)22)14-5-3-2-4-6-14/h2-12H,13H2,1H3,(H,24,25). The van der Waals surface area contributed by atoms with Crippen molar-refractivity contribution in [2.24, 2.45) is 0 Å². The van der Waals surface area contributed by atoms with E-state index >= 15 is 0 Å². The van der Waals surface area contributed by atoms with Crippen LogP contribution in [0.4, 0.5) is 5.69 Å². The molecule has 4 nitrogen and oxygen atoms in total. The highest BCUT2D eigenvalue weighted by Crippen LogP contribution is 2.31. The molecule has 0 aliphatic rings. The number of nitrogens with one attached hydrogen (secondary N) is 1. The van der Waals surface area contributed by atoms with Crippen LogP contribution in [-0.2, 0) is 4.79 Å². The van der Waals surface area contributed by atoms with E-state index in [1.54, 1.807) is 18.2 Å². The Balaban J connectivity index is 1.61. The van der Waals surface area contributed by atoms with Crippen LogP contribution in [0.5, 0.6) is 11.5 Å². The van der Waals surface area contributed by atoms with E-state index in [0.29, 0.717) is 22.2 Å². The molecule has 3 aromatic rings. The number of benzene rings is 3. The van der Waals surface area contributed by atoms with Gasteiger partial charge in [-0.2, -0.15) is 0 Å². The van der Waals surface area contributed by atoms with Gasteiger partial charge in [0.2, 0.25) is 0 Å². The summed E-state index contributed by atoms with van der Waals surface area (Å²) in [5, 5.41) is 3.17. The third-order valence-corrected chi connectivity index (χ3v) is 4.75. The average Bonchev–Trinajstić information content (AvgIpc) is 2.68. The van der Waals surface area contributed by atoms with E-state index in [2.05, 4.69) is 21.2 Å². The van der Waals surface area contributed by atoms with Crippen LogP contribution in [0.15, 0.2) is 71.2 Å². The zero-order valence-electron chi connectivity index (χ0n) is 14.5. The fourth-order valence-electron chi connectivity index (χ4n) is 2.51. The molecule has 0 aliphatic carbocycles. The molecule has 0 saturated carbocycles. The Bertz CT molecular complexity index is 947. The van der Waals surface area contributed by atoms with Crippen LogP contribution in [0.2, 0.25) is 5.02 Å². The molecular weight excluding hydrogens is 430 g/mol. The molecule has 27 heavy (non-hydrogen) atoms. The Morgan fingerprint density at radius 2 is 1.74 bits per heavy atom. The van der Waals surface area contributed by atoms with E-state index < -0.39 is 0 Å². The largest absolute Gasteiger partial charge is 0.495 e. The molecule has 0 aromatic heterocycles. The lowest BCUT2D eigenvalue weighted by molar-refractivity contribution is -0.118. The summed E-state index contributed by atoms with van der Waals surface area (Å²) >= 11 is 9.56. The van der Waals surface area contributed by atoms with Crippen LogP contribution in [0, 0.1) is 0 Å². The minimum atomic E-state index is -0.282. The molecule has 0 unspecified atom stereocenters. The number of amides is 1. The second kappa shape index (κ2) is 8.93.